The lowest BCUT2D eigenvalue weighted by atomic mass is 10.2. The van der Waals surface area contributed by atoms with Crippen LogP contribution in [0.2, 0.25) is 0 Å². The van der Waals surface area contributed by atoms with E-state index >= 15 is 0 Å². The highest BCUT2D eigenvalue weighted by Gasteiger charge is 2.19. The summed E-state index contributed by atoms with van der Waals surface area (Å²) < 4.78 is 28.4. The molecule has 0 aliphatic carbocycles. The van der Waals surface area contributed by atoms with Gasteiger partial charge in [-0.05, 0) is 30.8 Å². The number of hydrogen-bond acceptors (Lipinski definition) is 5. The number of aliphatic imine (C=N–C) groups is 1. The van der Waals surface area contributed by atoms with Gasteiger partial charge in [-0.25, -0.2) is 18.8 Å². The molecule has 0 radical (unpaired) electrons. The molecule has 26 heavy (non-hydrogen) atoms. The Morgan fingerprint density at radius 1 is 1.08 bits per heavy atom. The lowest BCUT2D eigenvalue weighted by molar-refractivity contribution is 0.312. The van der Waals surface area contributed by atoms with Gasteiger partial charge in [0.15, 0.2) is 0 Å². The third kappa shape index (κ3) is 3.59. The van der Waals surface area contributed by atoms with Gasteiger partial charge in [-0.2, -0.15) is 0 Å². The molecule has 1 aliphatic heterocycles. The van der Waals surface area contributed by atoms with Crippen molar-refractivity contribution >= 4 is 38.6 Å². The Labute approximate surface area is 154 Å². The molecule has 0 unspecified atom stereocenters. The minimum Gasteiger partial charge on any atom is -0.367 e. The zero-order valence-electron chi connectivity index (χ0n) is 14.3. The van der Waals surface area contributed by atoms with E-state index in [1.807, 2.05) is 6.07 Å². The van der Waals surface area contributed by atoms with Gasteiger partial charge in [0, 0.05) is 38.5 Å². The van der Waals surface area contributed by atoms with Crippen molar-refractivity contribution in [3.05, 3.63) is 53.6 Å². The van der Waals surface area contributed by atoms with Gasteiger partial charge in [-0.15, -0.1) is 0 Å². The summed E-state index contributed by atoms with van der Waals surface area (Å²) in [6, 6.07) is 9.42. The van der Waals surface area contributed by atoms with Crippen LogP contribution in [0.4, 0.5) is 19.6 Å². The number of benzene rings is 2. The van der Waals surface area contributed by atoms with Crippen LogP contribution in [-0.4, -0.2) is 49.3 Å². The molecule has 4 rings (SSSR count). The van der Waals surface area contributed by atoms with E-state index < -0.39 is 0 Å². The molecule has 1 aliphatic rings. The molecule has 4 nitrogen and oxygen atoms in total. The molecule has 134 valence electrons. The van der Waals surface area contributed by atoms with Crippen molar-refractivity contribution < 1.29 is 8.78 Å². The van der Waals surface area contributed by atoms with E-state index in [1.165, 1.54) is 29.5 Å². The summed E-state index contributed by atoms with van der Waals surface area (Å²) in [6.07, 6.45) is 1.63. The molecule has 3 aromatic rings. The molecule has 2 aromatic carbocycles. The lowest BCUT2D eigenvalue weighted by Crippen LogP contribution is -2.44. The Morgan fingerprint density at radius 3 is 2.54 bits per heavy atom. The predicted molar refractivity (Wildman–Crippen MR) is 103 cm³/mol. The van der Waals surface area contributed by atoms with Crippen LogP contribution < -0.4 is 4.90 Å². The first kappa shape index (κ1) is 17.1. The molecule has 1 aromatic heterocycles. The first-order chi connectivity index (χ1) is 12.6. The maximum absolute atomic E-state index is 14.5. The van der Waals surface area contributed by atoms with Crippen molar-refractivity contribution in [2.45, 2.75) is 0 Å². The second-order valence-corrected chi connectivity index (χ2v) is 7.38. The van der Waals surface area contributed by atoms with E-state index in [2.05, 4.69) is 26.8 Å². The number of thiazole rings is 1. The highest BCUT2D eigenvalue weighted by atomic mass is 32.1. The van der Waals surface area contributed by atoms with Crippen LogP contribution in [0.25, 0.3) is 10.2 Å². The standard InChI is InChI=1S/C19H18F2N4S/c1-24-6-8-25(9-7-24)17-11-18-16(10-15(17)21)23-19(26-18)22-12-13-2-4-14(20)5-3-13/h2-5,10-12H,6-9H2,1H3/b22-12+. The van der Waals surface area contributed by atoms with Gasteiger partial charge in [0.25, 0.3) is 0 Å². The molecule has 0 saturated carbocycles. The molecular weight excluding hydrogens is 354 g/mol. The van der Waals surface area contributed by atoms with E-state index in [0.29, 0.717) is 16.3 Å². The summed E-state index contributed by atoms with van der Waals surface area (Å²) in [5.74, 6) is -0.532. The van der Waals surface area contributed by atoms with Crippen LogP contribution in [0.5, 0.6) is 0 Å². The smallest absolute Gasteiger partial charge is 0.210 e. The normalized spacial score (nSPS) is 16.0. The number of piperazine rings is 1. The molecule has 7 heteroatoms. The quantitative estimate of drug-likeness (QED) is 0.650. The average Bonchev–Trinajstić information content (AvgIpc) is 3.03. The van der Waals surface area contributed by atoms with Crippen LogP contribution >= 0.6 is 11.3 Å². The molecule has 0 N–H and O–H groups in total. The number of aromatic nitrogens is 1. The van der Waals surface area contributed by atoms with Gasteiger partial charge in [-0.1, -0.05) is 23.5 Å². The molecule has 1 fully saturated rings. The Morgan fingerprint density at radius 2 is 1.81 bits per heavy atom. The van der Waals surface area contributed by atoms with Crippen molar-refractivity contribution in [2.75, 3.05) is 38.1 Å². The summed E-state index contributed by atoms with van der Waals surface area (Å²) in [6.45, 7) is 3.47. The van der Waals surface area contributed by atoms with E-state index in [0.717, 1.165) is 36.4 Å². The highest BCUT2D eigenvalue weighted by molar-refractivity contribution is 7.22. The highest BCUT2D eigenvalue weighted by Crippen LogP contribution is 2.33. The summed E-state index contributed by atoms with van der Waals surface area (Å²) in [5.41, 5.74) is 2.02. The molecule has 0 spiro atoms. The zero-order chi connectivity index (χ0) is 18.1. The number of fused-ring (bicyclic) bond motifs is 1. The second-order valence-electron chi connectivity index (χ2n) is 6.37. The van der Waals surface area contributed by atoms with Crippen molar-refractivity contribution in [3.8, 4) is 0 Å². The number of rotatable bonds is 3. The summed E-state index contributed by atoms with van der Waals surface area (Å²) >= 11 is 1.42. The van der Waals surface area contributed by atoms with E-state index in [4.69, 9.17) is 0 Å². The van der Waals surface area contributed by atoms with E-state index in [-0.39, 0.29) is 11.6 Å². The zero-order valence-corrected chi connectivity index (χ0v) is 15.1. The first-order valence-electron chi connectivity index (χ1n) is 8.42. The molecular formula is C19H18F2N4S. The number of likely N-dealkylation sites (N-methyl/N-ethyl adjacent to an activating group) is 1. The Kier molecular flexibility index (Phi) is 4.65. The van der Waals surface area contributed by atoms with Crippen molar-refractivity contribution in [1.82, 2.24) is 9.88 Å². The van der Waals surface area contributed by atoms with Gasteiger partial charge in [-0.3, -0.25) is 0 Å². The number of anilines is 1. The van der Waals surface area contributed by atoms with Crippen molar-refractivity contribution in [1.29, 1.82) is 0 Å². The maximum atomic E-state index is 14.5. The first-order valence-corrected chi connectivity index (χ1v) is 9.23. The van der Waals surface area contributed by atoms with E-state index in [1.54, 1.807) is 18.3 Å². The molecule has 0 atom stereocenters. The third-order valence-electron chi connectivity index (χ3n) is 4.48. The fourth-order valence-corrected chi connectivity index (χ4v) is 3.77. The average molecular weight is 372 g/mol. The van der Waals surface area contributed by atoms with Gasteiger partial charge in [0.1, 0.15) is 11.6 Å². The lowest BCUT2D eigenvalue weighted by Gasteiger charge is -2.34. The second kappa shape index (κ2) is 7.09. The Hall–Kier alpha value is -2.38. The summed E-state index contributed by atoms with van der Waals surface area (Å²) in [4.78, 5) is 13.0. The van der Waals surface area contributed by atoms with Gasteiger partial charge >= 0.3 is 0 Å². The summed E-state index contributed by atoms with van der Waals surface area (Å²) in [7, 11) is 2.07. The van der Waals surface area contributed by atoms with Crippen molar-refractivity contribution in [3.63, 3.8) is 0 Å². The minimum absolute atomic E-state index is 0.249. The Bertz CT molecular complexity index is 944. The van der Waals surface area contributed by atoms with Crippen molar-refractivity contribution in [2.24, 2.45) is 4.99 Å². The fraction of sp³-hybridized carbons (Fsp3) is 0.263. The van der Waals surface area contributed by atoms with Gasteiger partial charge in [0.2, 0.25) is 5.13 Å². The minimum atomic E-state index is -0.283. The van der Waals surface area contributed by atoms with Crippen LogP contribution in [0.3, 0.4) is 0 Å². The van der Waals surface area contributed by atoms with E-state index in [9.17, 15) is 8.78 Å². The van der Waals surface area contributed by atoms with Gasteiger partial charge < -0.3 is 9.80 Å². The topological polar surface area (TPSA) is 31.7 Å². The fourth-order valence-electron chi connectivity index (χ4n) is 2.95. The largest absolute Gasteiger partial charge is 0.367 e. The number of nitrogens with zero attached hydrogens (tertiary/aromatic N) is 4. The molecule has 0 bridgehead atoms. The monoisotopic (exact) mass is 372 g/mol. The predicted octanol–water partition coefficient (Wildman–Crippen LogP) is 4.08. The van der Waals surface area contributed by atoms with Crippen LogP contribution in [0.15, 0.2) is 41.4 Å². The number of halogens is 2. The number of hydrogen-bond donors (Lipinski definition) is 0. The van der Waals surface area contributed by atoms with Crippen LogP contribution in [-0.2, 0) is 0 Å². The third-order valence-corrected chi connectivity index (χ3v) is 5.41. The van der Waals surface area contributed by atoms with Crippen LogP contribution in [0, 0.1) is 11.6 Å². The Balaban J connectivity index is 1.60. The van der Waals surface area contributed by atoms with Crippen LogP contribution in [0.1, 0.15) is 5.56 Å². The maximum Gasteiger partial charge on any atom is 0.210 e. The molecule has 1 saturated heterocycles. The molecule has 2 heterocycles. The SMILES string of the molecule is CN1CCN(c2cc3sc(/N=C/c4ccc(F)cc4)nc3cc2F)CC1. The summed E-state index contributed by atoms with van der Waals surface area (Å²) in [5, 5.41) is 0.555. The molecule has 0 amide bonds. The van der Waals surface area contributed by atoms with Gasteiger partial charge in [0.05, 0.1) is 15.9 Å².